The number of nitrogens with zero attached hydrogens (tertiary/aromatic N) is 6. The summed E-state index contributed by atoms with van der Waals surface area (Å²) < 4.78 is 7.56. The zero-order chi connectivity index (χ0) is 15.4. The van der Waals surface area contributed by atoms with Crippen molar-refractivity contribution < 1.29 is 4.74 Å². The molecule has 1 aliphatic heterocycles. The highest BCUT2D eigenvalue weighted by molar-refractivity contribution is 5.04. The molecule has 1 saturated heterocycles. The van der Waals surface area contributed by atoms with Gasteiger partial charge in [0.15, 0.2) is 0 Å². The van der Waals surface area contributed by atoms with Crippen molar-refractivity contribution in [1.82, 2.24) is 29.6 Å². The van der Waals surface area contributed by atoms with Crippen molar-refractivity contribution in [1.29, 1.82) is 0 Å². The molecule has 0 amide bonds. The van der Waals surface area contributed by atoms with Gasteiger partial charge in [-0.15, -0.1) is 0 Å². The molecular formula is C15H22N6O. The first-order valence-electron chi connectivity index (χ1n) is 7.67. The lowest BCUT2D eigenvalue weighted by molar-refractivity contribution is 0.118. The lowest BCUT2D eigenvalue weighted by atomic mass is 9.99. The maximum absolute atomic E-state index is 5.73. The summed E-state index contributed by atoms with van der Waals surface area (Å²) in [6, 6.07) is 0.469. The smallest absolute Gasteiger partial charge is 0.316 e. The van der Waals surface area contributed by atoms with E-state index in [4.69, 9.17) is 4.74 Å². The van der Waals surface area contributed by atoms with Gasteiger partial charge in [0.2, 0.25) is 0 Å². The number of rotatable bonds is 5. The molecule has 7 nitrogen and oxygen atoms in total. The third-order valence-corrected chi connectivity index (χ3v) is 3.98. The van der Waals surface area contributed by atoms with Crippen molar-refractivity contribution in [2.45, 2.75) is 26.3 Å². The fourth-order valence-electron chi connectivity index (χ4n) is 2.74. The maximum atomic E-state index is 5.73. The van der Waals surface area contributed by atoms with Crippen LogP contribution in [0.5, 0.6) is 6.01 Å². The molecule has 0 bridgehead atoms. The molecule has 22 heavy (non-hydrogen) atoms. The van der Waals surface area contributed by atoms with Crippen molar-refractivity contribution in [2.24, 2.45) is 13.0 Å². The minimum atomic E-state index is 0.469. The largest absolute Gasteiger partial charge is 0.463 e. The Labute approximate surface area is 130 Å². The quantitative estimate of drug-likeness (QED) is 0.827. The van der Waals surface area contributed by atoms with E-state index in [2.05, 4.69) is 25.0 Å². The average Bonchev–Trinajstić information content (AvgIpc) is 2.92. The molecule has 118 valence electrons. The van der Waals surface area contributed by atoms with E-state index in [1.54, 1.807) is 18.7 Å². The molecule has 1 fully saturated rings. The first-order valence-corrected chi connectivity index (χ1v) is 7.67. The predicted molar refractivity (Wildman–Crippen MR) is 81.3 cm³/mol. The van der Waals surface area contributed by atoms with Gasteiger partial charge >= 0.3 is 6.01 Å². The van der Waals surface area contributed by atoms with Crippen LogP contribution in [-0.2, 0) is 13.6 Å². The summed E-state index contributed by atoms with van der Waals surface area (Å²) >= 11 is 0. The van der Waals surface area contributed by atoms with E-state index in [9.17, 15) is 0 Å². The molecule has 3 heterocycles. The molecule has 1 atom stereocenters. The van der Waals surface area contributed by atoms with Crippen LogP contribution in [0.2, 0.25) is 0 Å². The van der Waals surface area contributed by atoms with Gasteiger partial charge in [0.25, 0.3) is 0 Å². The van der Waals surface area contributed by atoms with E-state index >= 15 is 0 Å². The molecule has 7 heteroatoms. The van der Waals surface area contributed by atoms with Crippen molar-refractivity contribution in [2.75, 3.05) is 19.7 Å². The summed E-state index contributed by atoms with van der Waals surface area (Å²) in [5.41, 5.74) is 1.04. The van der Waals surface area contributed by atoms with Crippen LogP contribution in [0.15, 0.2) is 18.7 Å². The normalized spacial score (nSPS) is 19.3. The average molecular weight is 302 g/mol. The van der Waals surface area contributed by atoms with Gasteiger partial charge in [-0.1, -0.05) is 0 Å². The van der Waals surface area contributed by atoms with Crippen LogP contribution in [0.3, 0.4) is 0 Å². The van der Waals surface area contributed by atoms with Crippen LogP contribution in [0, 0.1) is 12.8 Å². The minimum absolute atomic E-state index is 0.469. The van der Waals surface area contributed by atoms with Gasteiger partial charge in [0.1, 0.15) is 12.2 Å². The van der Waals surface area contributed by atoms with Crippen LogP contribution in [-0.4, -0.2) is 49.3 Å². The number of ether oxygens (including phenoxy) is 1. The van der Waals surface area contributed by atoms with Gasteiger partial charge in [-0.05, 0) is 31.9 Å². The van der Waals surface area contributed by atoms with E-state index in [-0.39, 0.29) is 0 Å². The highest BCUT2D eigenvalue weighted by Gasteiger charge is 2.22. The van der Waals surface area contributed by atoms with Crippen molar-refractivity contribution in [3.8, 4) is 6.01 Å². The van der Waals surface area contributed by atoms with Gasteiger partial charge in [0.05, 0.1) is 13.2 Å². The second-order valence-electron chi connectivity index (χ2n) is 5.90. The van der Waals surface area contributed by atoms with Crippen molar-refractivity contribution >= 4 is 0 Å². The van der Waals surface area contributed by atoms with Crippen LogP contribution in [0.4, 0.5) is 0 Å². The second kappa shape index (κ2) is 6.83. The first-order chi connectivity index (χ1) is 10.7. The Morgan fingerprint density at radius 3 is 2.82 bits per heavy atom. The van der Waals surface area contributed by atoms with Crippen molar-refractivity contribution in [3.05, 3.63) is 30.1 Å². The summed E-state index contributed by atoms with van der Waals surface area (Å²) in [4.78, 5) is 15.1. The van der Waals surface area contributed by atoms with Crippen LogP contribution < -0.4 is 4.74 Å². The topological polar surface area (TPSA) is 69.0 Å². The highest BCUT2D eigenvalue weighted by Crippen LogP contribution is 2.18. The minimum Gasteiger partial charge on any atom is -0.463 e. The lowest BCUT2D eigenvalue weighted by Crippen LogP contribution is -2.37. The maximum Gasteiger partial charge on any atom is 0.316 e. The van der Waals surface area contributed by atoms with Crippen LogP contribution in [0.1, 0.15) is 24.2 Å². The molecule has 0 aromatic carbocycles. The third-order valence-electron chi connectivity index (χ3n) is 3.98. The summed E-state index contributed by atoms with van der Waals surface area (Å²) in [5, 5.41) is 4.12. The SMILES string of the molecule is Cc1cnc(OCC2CCCN(Cc3ncnn3C)C2)nc1. The summed E-state index contributed by atoms with van der Waals surface area (Å²) in [5.74, 6) is 1.51. The van der Waals surface area contributed by atoms with Gasteiger partial charge in [-0.2, -0.15) is 5.10 Å². The zero-order valence-electron chi connectivity index (χ0n) is 13.1. The Morgan fingerprint density at radius 2 is 2.09 bits per heavy atom. The summed E-state index contributed by atoms with van der Waals surface area (Å²) in [6.07, 6.45) is 7.53. The number of aryl methyl sites for hydroxylation is 2. The molecule has 0 N–H and O–H groups in total. The lowest BCUT2D eigenvalue weighted by Gasteiger charge is -2.31. The van der Waals surface area contributed by atoms with Crippen molar-refractivity contribution in [3.63, 3.8) is 0 Å². The van der Waals surface area contributed by atoms with Crippen LogP contribution in [0.25, 0.3) is 0 Å². The standard InChI is InChI=1S/C15H22N6O/c1-12-6-16-15(17-7-12)22-10-13-4-3-5-21(8-13)9-14-18-11-19-20(14)2/h6-7,11,13H,3-5,8-10H2,1-2H3. The Morgan fingerprint density at radius 1 is 1.27 bits per heavy atom. The molecule has 0 radical (unpaired) electrons. The zero-order valence-corrected chi connectivity index (χ0v) is 13.1. The number of hydrogen-bond donors (Lipinski definition) is 0. The Bertz CT molecular complexity index is 596. The fourth-order valence-corrected chi connectivity index (χ4v) is 2.74. The van der Waals surface area contributed by atoms with Gasteiger partial charge in [-0.3, -0.25) is 9.58 Å². The summed E-state index contributed by atoms with van der Waals surface area (Å²) in [6.45, 7) is 5.59. The van der Waals surface area contributed by atoms with Gasteiger partial charge in [0, 0.05) is 31.9 Å². The molecule has 0 aliphatic carbocycles. The van der Waals surface area contributed by atoms with E-state index in [0.29, 0.717) is 18.5 Å². The predicted octanol–water partition coefficient (Wildman–Crippen LogP) is 1.20. The van der Waals surface area contributed by atoms with E-state index in [1.165, 1.54) is 12.8 Å². The molecule has 2 aromatic heterocycles. The van der Waals surface area contributed by atoms with E-state index in [0.717, 1.165) is 31.0 Å². The Hall–Kier alpha value is -2.02. The molecule has 1 aliphatic rings. The van der Waals surface area contributed by atoms with Gasteiger partial charge < -0.3 is 4.74 Å². The highest BCUT2D eigenvalue weighted by atomic mass is 16.5. The number of hydrogen-bond acceptors (Lipinski definition) is 6. The monoisotopic (exact) mass is 302 g/mol. The first kappa shape index (κ1) is 14.9. The summed E-state index contributed by atoms with van der Waals surface area (Å²) in [7, 11) is 1.93. The number of aromatic nitrogens is 5. The fraction of sp³-hybridized carbons (Fsp3) is 0.600. The van der Waals surface area contributed by atoms with E-state index in [1.807, 2.05) is 18.7 Å². The Kier molecular flexibility index (Phi) is 4.62. The number of piperidine rings is 1. The van der Waals surface area contributed by atoms with Crippen LogP contribution >= 0.6 is 0 Å². The molecular weight excluding hydrogens is 280 g/mol. The molecule has 3 rings (SSSR count). The molecule has 0 spiro atoms. The van der Waals surface area contributed by atoms with E-state index < -0.39 is 0 Å². The molecule has 1 unspecified atom stereocenters. The third kappa shape index (κ3) is 3.79. The number of likely N-dealkylation sites (tertiary alicyclic amines) is 1. The Balaban J connectivity index is 1.50. The second-order valence-corrected chi connectivity index (χ2v) is 5.90. The van der Waals surface area contributed by atoms with Gasteiger partial charge in [-0.25, -0.2) is 15.0 Å². The molecule has 0 saturated carbocycles. The molecule has 2 aromatic rings.